The molecule has 0 saturated carbocycles. The van der Waals surface area contributed by atoms with Gasteiger partial charge in [-0.2, -0.15) is 0 Å². The summed E-state index contributed by atoms with van der Waals surface area (Å²) in [4.78, 5) is 0. The molecular formula is C16H18ClNO. The number of benzene rings is 2. The summed E-state index contributed by atoms with van der Waals surface area (Å²) in [6, 6.07) is 14.0. The number of ether oxygens (including phenoxy) is 1. The molecule has 0 aliphatic heterocycles. The van der Waals surface area contributed by atoms with E-state index in [1.807, 2.05) is 37.3 Å². The van der Waals surface area contributed by atoms with Crippen molar-refractivity contribution in [3.63, 3.8) is 0 Å². The zero-order valence-electron chi connectivity index (χ0n) is 11.2. The van der Waals surface area contributed by atoms with Gasteiger partial charge in [0, 0.05) is 23.0 Å². The summed E-state index contributed by atoms with van der Waals surface area (Å²) in [7, 11) is 1.68. The van der Waals surface area contributed by atoms with Crippen molar-refractivity contribution in [2.45, 2.75) is 12.8 Å². The lowest BCUT2D eigenvalue weighted by molar-refractivity contribution is 0.404. The van der Waals surface area contributed by atoms with Crippen LogP contribution < -0.4 is 10.5 Å². The molecule has 0 spiro atoms. The third-order valence-electron chi connectivity index (χ3n) is 3.29. The largest absolute Gasteiger partial charge is 0.496 e. The molecular weight excluding hydrogens is 258 g/mol. The molecule has 2 N–H and O–H groups in total. The quantitative estimate of drug-likeness (QED) is 0.922. The summed E-state index contributed by atoms with van der Waals surface area (Å²) in [5.41, 5.74) is 9.20. The lowest BCUT2D eigenvalue weighted by Crippen LogP contribution is -2.15. The summed E-state index contributed by atoms with van der Waals surface area (Å²) in [5, 5.41) is 0.711. The number of hydrogen-bond acceptors (Lipinski definition) is 2. The van der Waals surface area contributed by atoms with Crippen LogP contribution in [0.1, 0.15) is 22.6 Å². The van der Waals surface area contributed by atoms with Gasteiger partial charge in [0.25, 0.3) is 0 Å². The maximum absolute atomic E-state index is 6.17. The molecule has 0 amide bonds. The van der Waals surface area contributed by atoms with Crippen molar-refractivity contribution in [1.29, 1.82) is 0 Å². The molecule has 0 aliphatic rings. The van der Waals surface area contributed by atoms with Crippen LogP contribution in [0.3, 0.4) is 0 Å². The first kappa shape index (κ1) is 13.9. The van der Waals surface area contributed by atoms with Crippen molar-refractivity contribution in [3.05, 3.63) is 64.2 Å². The van der Waals surface area contributed by atoms with Gasteiger partial charge in [0.2, 0.25) is 0 Å². The van der Waals surface area contributed by atoms with E-state index in [1.165, 1.54) is 5.56 Å². The monoisotopic (exact) mass is 275 g/mol. The molecule has 2 aromatic carbocycles. The maximum Gasteiger partial charge on any atom is 0.125 e. The molecule has 0 bridgehead atoms. The third kappa shape index (κ3) is 2.91. The van der Waals surface area contributed by atoms with E-state index in [0.717, 1.165) is 16.9 Å². The second kappa shape index (κ2) is 6.09. The Morgan fingerprint density at radius 2 is 1.89 bits per heavy atom. The van der Waals surface area contributed by atoms with Gasteiger partial charge in [0.1, 0.15) is 5.75 Å². The van der Waals surface area contributed by atoms with Gasteiger partial charge in [-0.25, -0.2) is 0 Å². The van der Waals surface area contributed by atoms with Crippen LogP contribution in [0, 0.1) is 6.92 Å². The summed E-state index contributed by atoms with van der Waals surface area (Å²) in [6.07, 6.45) is 0. The Hall–Kier alpha value is -1.51. The fraction of sp³-hybridized carbons (Fsp3) is 0.250. The van der Waals surface area contributed by atoms with Gasteiger partial charge in [-0.15, -0.1) is 0 Å². The normalized spacial score (nSPS) is 12.2. The van der Waals surface area contributed by atoms with E-state index in [4.69, 9.17) is 22.1 Å². The average molecular weight is 276 g/mol. The molecule has 3 heteroatoms. The van der Waals surface area contributed by atoms with Crippen molar-refractivity contribution >= 4 is 11.6 Å². The minimum absolute atomic E-state index is 0.0912. The first-order chi connectivity index (χ1) is 9.17. The SMILES string of the molecule is COc1c(C)cc(Cl)cc1C(CN)c1ccccc1. The van der Waals surface area contributed by atoms with Crippen molar-refractivity contribution in [2.75, 3.05) is 13.7 Å². The number of halogens is 1. The average Bonchev–Trinajstić information content (AvgIpc) is 2.40. The van der Waals surface area contributed by atoms with Crippen molar-refractivity contribution in [3.8, 4) is 5.75 Å². The molecule has 1 atom stereocenters. The third-order valence-corrected chi connectivity index (χ3v) is 3.50. The Balaban J connectivity index is 2.55. The van der Waals surface area contributed by atoms with Gasteiger partial charge in [-0.3, -0.25) is 0 Å². The predicted octanol–water partition coefficient (Wildman–Crippen LogP) is 3.75. The standard InChI is InChI=1S/C16H18ClNO/c1-11-8-13(17)9-14(16(11)19-2)15(10-18)12-6-4-3-5-7-12/h3-9,15H,10,18H2,1-2H3. The number of methoxy groups -OCH3 is 1. The van der Waals surface area contributed by atoms with E-state index in [2.05, 4.69) is 12.1 Å². The van der Waals surface area contributed by atoms with E-state index in [9.17, 15) is 0 Å². The van der Waals surface area contributed by atoms with Gasteiger partial charge in [0.05, 0.1) is 7.11 Å². The molecule has 0 aliphatic carbocycles. The second-order valence-corrected chi connectivity index (χ2v) is 4.98. The van der Waals surface area contributed by atoms with Crippen LogP contribution in [0.4, 0.5) is 0 Å². The molecule has 0 heterocycles. The van der Waals surface area contributed by atoms with Crippen LogP contribution in [-0.2, 0) is 0 Å². The highest BCUT2D eigenvalue weighted by atomic mass is 35.5. The fourth-order valence-electron chi connectivity index (χ4n) is 2.42. The van der Waals surface area contributed by atoms with Crippen LogP contribution in [0.5, 0.6) is 5.75 Å². The molecule has 2 rings (SSSR count). The molecule has 0 radical (unpaired) electrons. The van der Waals surface area contributed by atoms with E-state index in [1.54, 1.807) is 7.11 Å². The van der Waals surface area contributed by atoms with E-state index >= 15 is 0 Å². The number of nitrogens with two attached hydrogens (primary N) is 1. The van der Waals surface area contributed by atoms with E-state index in [-0.39, 0.29) is 5.92 Å². The maximum atomic E-state index is 6.17. The highest BCUT2D eigenvalue weighted by molar-refractivity contribution is 6.30. The van der Waals surface area contributed by atoms with E-state index < -0.39 is 0 Å². The molecule has 2 nitrogen and oxygen atoms in total. The zero-order chi connectivity index (χ0) is 13.8. The van der Waals surface area contributed by atoms with Gasteiger partial charge >= 0.3 is 0 Å². The Kier molecular flexibility index (Phi) is 4.46. The topological polar surface area (TPSA) is 35.2 Å². The van der Waals surface area contributed by atoms with Gasteiger partial charge in [-0.05, 0) is 30.2 Å². The second-order valence-electron chi connectivity index (χ2n) is 4.54. The molecule has 0 fully saturated rings. The van der Waals surface area contributed by atoms with Crippen molar-refractivity contribution in [2.24, 2.45) is 5.73 Å². The molecule has 2 aromatic rings. The minimum Gasteiger partial charge on any atom is -0.496 e. The first-order valence-electron chi connectivity index (χ1n) is 6.26. The van der Waals surface area contributed by atoms with Crippen molar-refractivity contribution < 1.29 is 4.74 Å². The number of aryl methyl sites for hydroxylation is 1. The Morgan fingerprint density at radius 1 is 1.21 bits per heavy atom. The Labute approximate surface area is 119 Å². The molecule has 100 valence electrons. The smallest absolute Gasteiger partial charge is 0.125 e. The van der Waals surface area contributed by atoms with Crippen LogP contribution in [0.25, 0.3) is 0 Å². The van der Waals surface area contributed by atoms with Crippen LogP contribution in [-0.4, -0.2) is 13.7 Å². The predicted molar refractivity (Wildman–Crippen MR) is 80.1 cm³/mol. The summed E-state index contributed by atoms with van der Waals surface area (Å²) >= 11 is 6.17. The van der Waals surface area contributed by atoms with Gasteiger partial charge in [-0.1, -0.05) is 41.9 Å². The highest BCUT2D eigenvalue weighted by Gasteiger charge is 2.19. The summed E-state index contributed by atoms with van der Waals surface area (Å²) in [6.45, 7) is 2.51. The molecule has 1 unspecified atom stereocenters. The van der Waals surface area contributed by atoms with Crippen LogP contribution in [0.15, 0.2) is 42.5 Å². The van der Waals surface area contributed by atoms with Gasteiger partial charge in [0.15, 0.2) is 0 Å². The Bertz CT molecular complexity index is 554. The zero-order valence-corrected chi connectivity index (χ0v) is 11.9. The molecule has 0 aromatic heterocycles. The van der Waals surface area contributed by atoms with Gasteiger partial charge < -0.3 is 10.5 Å². The van der Waals surface area contributed by atoms with Crippen LogP contribution in [0.2, 0.25) is 5.02 Å². The summed E-state index contributed by atoms with van der Waals surface area (Å²) < 4.78 is 5.52. The minimum atomic E-state index is 0.0912. The van der Waals surface area contributed by atoms with Crippen molar-refractivity contribution in [1.82, 2.24) is 0 Å². The first-order valence-corrected chi connectivity index (χ1v) is 6.64. The fourth-order valence-corrected chi connectivity index (χ4v) is 2.70. The van der Waals surface area contributed by atoms with Crippen LogP contribution >= 0.6 is 11.6 Å². The Morgan fingerprint density at radius 3 is 2.47 bits per heavy atom. The lowest BCUT2D eigenvalue weighted by Gasteiger charge is -2.20. The lowest BCUT2D eigenvalue weighted by atomic mass is 9.89. The highest BCUT2D eigenvalue weighted by Crippen LogP contribution is 2.35. The summed E-state index contributed by atoms with van der Waals surface area (Å²) in [5.74, 6) is 0.956. The molecule has 0 saturated heterocycles. The number of rotatable bonds is 4. The van der Waals surface area contributed by atoms with E-state index in [0.29, 0.717) is 11.6 Å². The molecule has 19 heavy (non-hydrogen) atoms. The number of hydrogen-bond donors (Lipinski definition) is 1.